The van der Waals surface area contributed by atoms with Crippen LogP contribution in [0.5, 0.6) is 5.75 Å². The lowest BCUT2D eigenvalue weighted by molar-refractivity contribution is -0.0259. The smallest absolute Gasteiger partial charge is 0.269 e. The summed E-state index contributed by atoms with van der Waals surface area (Å²) in [5.41, 5.74) is 4.40. The minimum atomic E-state index is -4.16. The molecular formula is C23H28ClN3O5S. The maximum Gasteiger partial charge on any atom is 0.269 e. The number of nitrogens with one attached hydrogen (secondary N) is 2. The second kappa shape index (κ2) is 9.15. The average molecular weight is 494 g/mol. The number of epoxide rings is 1. The fourth-order valence-corrected chi connectivity index (χ4v) is 5.54. The number of ether oxygens (including phenoxy) is 1. The van der Waals surface area contributed by atoms with Gasteiger partial charge in [0.05, 0.1) is 29.6 Å². The number of nitrogens with zero attached hydrogens (tertiary/aromatic N) is 1. The van der Waals surface area contributed by atoms with Crippen LogP contribution in [0.2, 0.25) is 5.02 Å². The first-order valence-corrected chi connectivity index (χ1v) is 12.5. The number of benzene rings is 2. The van der Waals surface area contributed by atoms with Gasteiger partial charge in [-0.05, 0) is 36.6 Å². The van der Waals surface area contributed by atoms with Gasteiger partial charge in [-0.15, -0.1) is 0 Å². The Morgan fingerprint density at radius 1 is 1.27 bits per heavy atom. The largest absolute Gasteiger partial charge is 0.504 e. The molecular weight excluding hydrogens is 466 g/mol. The van der Waals surface area contributed by atoms with Crippen molar-refractivity contribution in [3.63, 3.8) is 0 Å². The van der Waals surface area contributed by atoms with Crippen molar-refractivity contribution in [2.75, 3.05) is 19.5 Å². The minimum Gasteiger partial charge on any atom is -0.504 e. The lowest BCUT2D eigenvalue weighted by atomic mass is 10.0. The van der Waals surface area contributed by atoms with Crippen LogP contribution in [0.4, 0.5) is 5.69 Å². The van der Waals surface area contributed by atoms with Crippen molar-refractivity contribution in [1.82, 2.24) is 9.79 Å². The number of hydrogen-bond donors (Lipinski definition) is 3. The van der Waals surface area contributed by atoms with Gasteiger partial charge in [0.25, 0.3) is 10.0 Å². The highest BCUT2D eigenvalue weighted by atomic mass is 35.5. The Morgan fingerprint density at radius 2 is 1.97 bits per heavy atom. The predicted molar refractivity (Wildman–Crippen MR) is 126 cm³/mol. The molecule has 1 aliphatic heterocycles. The van der Waals surface area contributed by atoms with E-state index in [4.69, 9.17) is 21.2 Å². The van der Waals surface area contributed by atoms with E-state index in [0.29, 0.717) is 10.9 Å². The van der Waals surface area contributed by atoms with Gasteiger partial charge in [0, 0.05) is 25.2 Å². The van der Waals surface area contributed by atoms with Crippen LogP contribution < -0.4 is 10.6 Å². The highest BCUT2D eigenvalue weighted by Crippen LogP contribution is 2.45. The summed E-state index contributed by atoms with van der Waals surface area (Å²) >= 11 is 6.13. The van der Waals surface area contributed by atoms with E-state index in [9.17, 15) is 13.5 Å². The Morgan fingerprint density at radius 3 is 2.61 bits per heavy atom. The number of anilines is 1. The zero-order chi connectivity index (χ0) is 23.9. The molecule has 0 bridgehead atoms. The van der Waals surface area contributed by atoms with Gasteiger partial charge in [-0.2, -0.15) is 0 Å². The topological polar surface area (TPSA) is 103 Å². The number of sulfonamides is 1. The molecule has 0 saturated carbocycles. The van der Waals surface area contributed by atoms with Crippen molar-refractivity contribution >= 4 is 27.3 Å². The van der Waals surface area contributed by atoms with Crippen LogP contribution in [0.25, 0.3) is 0 Å². The fourth-order valence-electron chi connectivity index (χ4n) is 3.97. The summed E-state index contributed by atoms with van der Waals surface area (Å²) in [6.07, 6.45) is 1.64. The number of phenols is 1. The maximum absolute atomic E-state index is 12.8. The standard InChI is InChI=1S/C23H28ClN3O5S/c1-5-14-6-8-15(9-7-14)13(2)25-18-12-19-22(32-19)20(18)26-17-11-10-16(24)23(21(17)28)33(29,30)27(3)31-4/h6-11,13,19,22,25-26,28H,5,12H2,1-4H3. The molecule has 3 unspecified atom stereocenters. The molecule has 0 amide bonds. The van der Waals surface area contributed by atoms with Crippen molar-refractivity contribution in [1.29, 1.82) is 0 Å². The Kier molecular flexibility index (Phi) is 6.61. The monoisotopic (exact) mass is 493 g/mol. The number of aryl methyl sites for hydroxylation is 1. The van der Waals surface area contributed by atoms with Crippen LogP contribution in [0.3, 0.4) is 0 Å². The lowest BCUT2D eigenvalue weighted by Crippen LogP contribution is -2.26. The number of fused-ring (bicyclic) bond motifs is 1. The molecule has 0 spiro atoms. The number of phenolic OH excluding ortho intramolecular Hbond substituents is 1. The SMILES string of the molecule is CCc1ccc(C(C)NC2=C(Nc3ccc(Cl)c(S(=O)(=O)N(C)OC)c3O)C3OC3C2)cc1. The minimum absolute atomic E-state index is 0.0605. The number of aromatic hydroxyl groups is 1. The first kappa shape index (κ1) is 23.8. The Hall–Kier alpha value is -2.30. The molecule has 178 valence electrons. The van der Waals surface area contributed by atoms with Crippen molar-refractivity contribution in [2.24, 2.45) is 0 Å². The molecule has 3 atom stereocenters. The van der Waals surface area contributed by atoms with E-state index in [1.165, 1.54) is 31.9 Å². The van der Waals surface area contributed by atoms with Crippen molar-refractivity contribution in [3.8, 4) is 5.75 Å². The van der Waals surface area contributed by atoms with Crippen LogP contribution in [0, 0.1) is 0 Å². The average Bonchev–Trinajstić information content (AvgIpc) is 3.48. The molecule has 1 heterocycles. The second-order valence-corrected chi connectivity index (χ2v) is 10.4. The third-order valence-electron chi connectivity index (χ3n) is 6.08. The molecule has 1 saturated heterocycles. The van der Waals surface area contributed by atoms with Gasteiger partial charge in [-0.3, -0.25) is 4.84 Å². The lowest BCUT2D eigenvalue weighted by Gasteiger charge is -2.21. The molecule has 33 heavy (non-hydrogen) atoms. The third kappa shape index (κ3) is 4.56. The van der Waals surface area contributed by atoms with E-state index in [0.717, 1.165) is 23.4 Å². The van der Waals surface area contributed by atoms with Gasteiger partial charge >= 0.3 is 0 Å². The molecule has 8 nitrogen and oxygen atoms in total. The van der Waals surface area contributed by atoms with E-state index in [2.05, 4.69) is 48.7 Å². The van der Waals surface area contributed by atoms with Crippen molar-refractivity contribution in [3.05, 3.63) is 63.9 Å². The molecule has 3 N–H and O–H groups in total. The van der Waals surface area contributed by atoms with Gasteiger partial charge in [0.15, 0.2) is 5.75 Å². The van der Waals surface area contributed by atoms with E-state index in [1.54, 1.807) is 0 Å². The summed E-state index contributed by atoms with van der Waals surface area (Å²) in [7, 11) is -1.72. The van der Waals surface area contributed by atoms with E-state index in [1.807, 2.05) is 0 Å². The van der Waals surface area contributed by atoms with Crippen LogP contribution in [-0.2, 0) is 26.0 Å². The Balaban J connectivity index is 1.62. The molecule has 0 radical (unpaired) electrons. The summed E-state index contributed by atoms with van der Waals surface area (Å²) in [6.45, 7) is 4.21. The highest BCUT2D eigenvalue weighted by Gasteiger charge is 2.50. The van der Waals surface area contributed by atoms with Gasteiger partial charge in [-0.25, -0.2) is 8.42 Å². The van der Waals surface area contributed by atoms with Crippen molar-refractivity contribution < 1.29 is 23.1 Å². The summed E-state index contributed by atoms with van der Waals surface area (Å²) < 4.78 is 31.8. The Bertz CT molecular complexity index is 1180. The second-order valence-electron chi connectivity index (χ2n) is 8.15. The summed E-state index contributed by atoms with van der Waals surface area (Å²) in [5.74, 6) is -0.481. The maximum atomic E-state index is 12.8. The number of hydroxylamine groups is 1. The number of rotatable bonds is 9. The van der Waals surface area contributed by atoms with Gasteiger partial charge in [-0.1, -0.05) is 47.3 Å². The molecule has 10 heteroatoms. The molecule has 2 aromatic carbocycles. The van der Waals surface area contributed by atoms with Crippen molar-refractivity contribution in [2.45, 2.75) is 49.8 Å². The summed E-state index contributed by atoms with van der Waals surface area (Å²) in [5, 5.41) is 17.4. The van der Waals surface area contributed by atoms with Gasteiger partial charge in [0.2, 0.25) is 0 Å². The highest BCUT2D eigenvalue weighted by molar-refractivity contribution is 7.89. The van der Waals surface area contributed by atoms with Gasteiger partial charge in [0.1, 0.15) is 11.0 Å². The Labute approximate surface area is 199 Å². The first-order valence-electron chi connectivity index (χ1n) is 10.7. The molecule has 2 aliphatic rings. The van der Waals surface area contributed by atoms with E-state index < -0.39 is 20.7 Å². The number of halogens is 1. The van der Waals surface area contributed by atoms with Gasteiger partial charge < -0.3 is 20.5 Å². The fraction of sp³-hybridized carbons (Fsp3) is 0.391. The predicted octanol–water partition coefficient (Wildman–Crippen LogP) is 3.94. The van der Waals surface area contributed by atoms with E-state index in [-0.39, 0.29) is 29.0 Å². The molecule has 1 fully saturated rings. The first-order chi connectivity index (χ1) is 15.7. The molecule has 0 aromatic heterocycles. The summed E-state index contributed by atoms with van der Waals surface area (Å²) in [4.78, 5) is 4.38. The number of hydrogen-bond acceptors (Lipinski definition) is 7. The zero-order valence-corrected chi connectivity index (χ0v) is 20.5. The zero-order valence-electron chi connectivity index (χ0n) is 18.9. The normalized spacial score (nSPS) is 20.7. The van der Waals surface area contributed by atoms with Crippen LogP contribution in [0.1, 0.15) is 37.4 Å². The quantitative estimate of drug-likeness (QED) is 0.276. The molecule has 4 rings (SSSR count). The summed E-state index contributed by atoms with van der Waals surface area (Å²) in [6, 6.07) is 11.5. The van der Waals surface area contributed by atoms with Crippen LogP contribution >= 0.6 is 11.6 Å². The molecule has 1 aliphatic carbocycles. The van der Waals surface area contributed by atoms with E-state index >= 15 is 0 Å². The third-order valence-corrected chi connectivity index (χ3v) is 8.26. The van der Waals surface area contributed by atoms with Crippen LogP contribution in [-0.4, -0.2) is 44.4 Å². The van der Waals surface area contributed by atoms with Crippen LogP contribution in [0.15, 0.2) is 52.7 Å². The molecule has 2 aromatic rings.